The molecule has 2 aromatic rings. The average Bonchev–Trinajstić information content (AvgIpc) is 2.64. The van der Waals surface area contributed by atoms with E-state index >= 15 is 0 Å². The fourth-order valence-electron chi connectivity index (χ4n) is 3.10. The molecule has 0 aliphatic carbocycles. The number of carbonyl (C=O) groups excluding carboxylic acids is 1. The van der Waals surface area contributed by atoms with Gasteiger partial charge in [-0.1, -0.05) is 44.2 Å². The maximum atomic E-state index is 12.6. The molecule has 3 nitrogen and oxygen atoms in total. The van der Waals surface area contributed by atoms with E-state index in [1.54, 1.807) is 0 Å². The summed E-state index contributed by atoms with van der Waals surface area (Å²) in [6, 6.07) is 18.9. The van der Waals surface area contributed by atoms with Gasteiger partial charge in [0.15, 0.2) is 0 Å². The molecule has 0 spiro atoms. The highest BCUT2D eigenvalue weighted by molar-refractivity contribution is 7.99. The number of amides is 1. The largest absolute Gasteiger partial charge is 0.368 e. The highest BCUT2D eigenvalue weighted by atomic mass is 32.2. The summed E-state index contributed by atoms with van der Waals surface area (Å²) in [5, 5.41) is 0.577. The lowest BCUT2D eigenvalue weighted by atomic mass is 10.1. The van der Waals surface area contributed by atoms with Crippen molar-refractivity contribution in [2.24, 2.45) is 0 Å². The first-order valence-corrected chi connectivity index (χ1v) is 9.83. The van der Waals surface area contributed by atoms with Crippen molar-refractivity contribution >= 4 is 23.4 Å². The summed E-state index contributed by atoms with van der Waals surface area (Å²) in [6.07, 6.45) is 0.498. The lowest BCUT2D eigenvalue weighted by Gasteiger charge is -2.36. The number of para-hydroxylation sites is 1. The Labute approximate surface area is 155 Å². The second-order valence-corrected chi connectivity index (χ2v) is 8.34. The van der Waals surface area contributed by atoms with Gasteiger partial charge in [-0.2, -0.15) is 0 Å². The monoisotopic (exact) mass is 354 g/mol. The topological polar surface area (TPSA) is 23.6 Å². The van der Waals surface area contributed by atoms with Gasteiger partial charge in [0, 0.05) is 42.0 Å². The molecule has 132 valence electrons. The van der Waals surface area contributed by atoms with E-state index in [2.05, 4.69) is 67.3 Å². The van der Waals surface area contributed by atoms with Crippen molar-refractivity contribution in [3.8, 4) is 0 Å². The molecule has 3 rings (SSSR count). The maximum Gasteiger partial charge on any atom is 0.227 e. The first-order chi connectivity index (χ1) is 12.1. The lowest BCUT2D eigenvalue weighted by Crippen LogP contribution is -2.49. The summed E-state index contributed by atoms with van der Waals surface area (Å²) in [5.74, 6) is 0.233. The van der Waals surface area contributed by atoms with Crippen LogP contribution in [-0.2, 0) is 11.2 Å². The normalized spacial score (nSPS) is 14.8. The molecule has 1 amide bonds. The standard InChI is InChI=1S/C21H26N2OS/c1-17(2)25-20-10-8-18(9-11-20)16-21(24)23-14-12-22(13-15-23)19-6-4-3-5-7-19/h3-11,17H,12-16H2,1-2H3. The van der Waals surface area contributed by atoms with Crippen molar-refractivity contribution < 1.29 is 4.79 Å². The Bertz CT molecular complexity index is 677. The highest BCUT2D eigenvalue weighted by Crippen LogP contribution is 2.23. The summed E-state index contributed by atoms with van der Waals surface area (Å²) in [6.45, 7) is 7.79. The van der Waals surface area contributed by atoms with Crippen LogP contribution in [0.2, 0.25) is 0 Å². The second-order valence-electron chi connectivity index (χ2n) is 6.69. The molecule has 0 unspecified atom stereocenters. The zero-order valence-electron chi connectivity index (χ0n) is 15.0. The number of carbonyl (C=O) groups is 1. The minimum atomic E-state index is 0.233. The van der Waals surface area contributed by atoms with Crippen molar-refractivity contribution in [2.75, 3.05) is 31.1 Å². The van der Waals surface area contributed by atoms with E-state index in [0.717, 1.165) is 31.7 Å². The number of hydrogen-bond acceptors (Lipinski definition) is 3. The van der Waals surface area contributed by atoms with Crippen LogP contribution in [0.15, 0.2) is 59.5 Å². The average molecular weight is 355 g/mol. The highest BCUT2D eigenvalue weighted by Gasteiger charge is 2.21. The van der Waals surface area contributed by atoms with Gasteiger partial charge < -0.3 is 9.80 Å². The van der Waals surface area contributed by atoms with Gasteiger partial charge in [-0.3, -0.25) is 4.79 Å². The van der Waals surface area contributed by atoms with Crippen LogP contribution in [0.1, 0.15) is 19.4 Å². The van der Waals surface area contributed by atoms with Gasteiger partial charge in [0.1, 0.15) is 0 Å². The fourth-order valence-corrected chi connectivity index (χ4v) is 3.93. The van der Waals surface area contributed by atoms with Gasteiger partial charge >= 0.3 is 0 Å². The van der Waals surface area contributed by atoms with Crippen LogP contribution in [0.5, 0.6) is 0 Å². The van der Waals surface area contributed by atoms with Crippen molar-refractivity contribution in [1.29, 1.82) is 0 Å². The molecular weight excluding hydrogens is 328 g/mol. The smallest absolute Gasteiger partial charge is 0.227 e. The van der Waals surface area contributed by atoms with Gasteiger partial charge in [0.25, 0.3) is 0 Å². The Balaban J connectivity index is 1.51. The van der Waals surface area contributed by atoms with Crippen LogP contribution in [0.25, 0.3) is 0 Å². The van der Waals surface area contributed by atoms with Gasteiger partial charge in [-0.15, -0.1) is 11.8 Å². The molecule has 0 N–H and O–H groups in total. The van der Waals surface area contributed by atoms with Crippen LogP contribution < -0.4 is 4.90 Å². The molecule has 4 heteroatoms. The van der Waals surface area contributed by atoms with E-state index in [1.165, 1.54) is 10.6 Å². The SMILES string of the molecule is CC(C)Sc1ccc(CC(=O)N2CCN(c3ccccc3)CC2)cc1. The first kappa shape index (κ1) is 17.9. The Hall–Kier alpha value is -1.94. The van der Waals surface area contributed by atoms with Gasteiger partial charge in [-0.25, -0.2) is 0 Å². The molecule has 0 bridgehead atoms. The van der Waals surface area contributed by atoms with Crippen LogP contribution in [0.3, 0.4) is 0 Å². The Morgan fingerprint density at radius 2 is 1.60 bits per heavy atom. The predicted octanol–water partition coefficient (Wildman–Crippen LogP) is 4.08. The Kier molecular flexibility index (Phi) is 6.03. The van der Waals surface area contributed by atoms with E-state index in [9.17, 15) is 4.79 Å². The van der Waals surface area contributed by atoms with Crippen LogP contribution in [-0.4, -0.2) is 42.2 Å². The minimum absolute atomic E-state index is 0.233. The summed E-state index contributed by atoms with van der Waals surface area (Å²) < 4.78 is 0. The van der Waals surface area contributed by atoms with E-state index in [0.29, 0.717) is 11.7 Å². The predicted molar refractivity (Wildman–Crippen MR) is 106 cm³/mol. The number of piperazine rings is 1. The summed E-state index contributed by atoms with van der Waals surface area (Å²) in [5.41, 5.74) is 2.34. The number of anilines is 1. The maximum absolute atomic E-state index is 12.6. The molecule has 0 saturated carbocycles. The summed E-state index contributed by atoms with van der Waals surface area (Å²) >= 11 is 1.85. The van der Waals surface area contributed by atoms with Crippen LogP contribution in [0.4, 0.5) is 5.69 Å². The third kappa shape index (κ3) is 5.02. The van der Waals surface area contributed by atoms with E-state index in [1.807, 2.05) is 22.7 Å². The van der Waals surface area contributed by atoms with Crippen molar-refractivity contribution in [2.45, 2.75) is 30.4 Å². The van der Waals surface area contributed by atoms with E-state index in [4.69, 9.17) is 0 Å². The summed E-state index contributed by atoms with van der Waals surface area (Å²) in [7, 11) is 0. The molecule has 2 aromatic carbocycles. The van der Waals surface area contributed by atoms with Crippen LogP contribution >= 0.6 is 11.8 Å². The zero-order chi connectivity index (χ0) is 17.6. The number of nitrogens with zero attached hydrogens (tertiary/aromatic N) is 2. The number of thioether (sulfide) groups is 1. The molecule has 1 aliphatic rings. The van der Waals surface area contributed by atoms with E-state index < -0.39 is 0 Å². The molecule has 1 heterocycles. The third-order valence-electron chi connectivity index (χ3n) is 4.40. The third-order valence-corrected chi connectivity index (χ3v) is 5.42. The molecule has 1 saturated heterocycles. The fraction of sp³-hybridized carbons (Fsp3) is 0.381. The molecule has 0 radical (unpaired) electrons. The number of rotatable bonds is 5. The summed E-state index contributed by atoms with van der Waals surface area (Å²) in [4.78, 5) is 18.2. The minimum Gasteiger partial charge on any atom is -0.368 e. The molecule has 25 heavy (non-hydrogen) atoms. The van der Waals surface area contributed by atoms with Gasteiger partial charge in [0.05, 0.1) is 6.42 Å². The van der Waals surface area contributed by atoms with Crippen molar-refractivity contribution in [3.05, 3.63) is 60.2 Å². The first-order valence-electron chi connectivity index (χ1n) is 8.95. The zero-order valence-corrected chi connectivity index (χ0v) is 15.8. The number of hydrogen-bond donors (Lipinski definition) is 0. The quantitative estimate of drug-likeness (QED) is 0.756. The Morgan fingerprint density at radius 1 is 0.960 bits per heavy atom. The molecule has 1 aliphatic heterocycles. The molecular formula is C21H26N2OS. The van der Waals surface area contributed by atoms with Gasteiger partial charge in [-0.05, 0) is 29.8 Å². The van der Waals surface area contributed by atoms with E-state index in [-0.39, 0.29) is 5.91 Å². The van der Waals surface area contributed by atoms with Crippen molar-refractivity contribution in [1.82, 2.24) is 4.90 Å². The van der Waals surface area contributed by atoms with Gasteiger partial charge in [0.2, 0.25) is 5.91 Å². The van der Waals surface area contributed by atoms with Crippen molar-refractivity contribution in [3.63, 3.8) is 0 Å². The number of benzene rings is 2. The lowest BCUT2D eigenvalue weighted by molar-refractivity contribution is -0.130. The molecule has 0 atom stereocenters. The molecule has 1 fully saturated rings. The van der Waals surface area contributed by atoms with Crippen LogP contribution in [0, 0.1) is 0 Å². The second kappa shape index (κ2) is 8.43. The molecule has 0 aromatic heterocycles. The Morgan fingerprint density at radius 3 is 2.20 bits per heavy atom.